The number of nitrogens with zero attached hydrogens (tertiary/aromatic N) is 5. The molecule has 2 aromatic heterocycles. The first-order valence-electron chi connectivity index (χ1n) is 7.54. The molecule has 2 aromatic carbocycles. The van der Waals surface area contributed by atoms with Crippen molar-refractivity contribution >= 4 is 11.0 Å². The Bertz CT molecular complexity index is 1010. The number of benzene rings is 2. The lowest BCUT2D eigenvalue weighted by Crippen LogP contribution is -1.99. The molecule has 0 radical (unpaired) electrons. The van der Waals surface area contributed by atoms with Crippen LogP contribution in [0.15, 0.2) is 54.6 Å². The molecule has 0 amide bonds. The van der Waals surface area contributed by atoms with Crippen molar-refractivity contribution in [2.45, 2.75) is 0 Å². The molecule has 0 aliphatic carbocycles. The van der Waals surface area contributed by atoms with E-state index in [1.54, 1.807) is 11.8 Å². The third-order valence-corrected chi connectivity index (χ3v) is 3.83. The Kier molecular flexibility index (Phi) is 3.42. The summed E-state index contributed by atoms with van der Waals surface area (Å²) in [5.74, 6) is 0.436. The molecule has 4 aromatic rings. The predicted molar refractivity (Wildman–Crippen MR) is 91.5 cm³/mol. The maximum Gasteiger partial charge on any atom is 0.242 e. The number of fused-ring (bicyclic) bond motifs is 1. The van der Waals surface area contributed by atoms with E-state index in [1.165, 1.54) is 0 Å². The molecule has 6 heteroatoms. The normalized spacial score (nSPS) is 10.9. The quantitative estimate of drug-likeness (QED) is 0.581. The Labute approximate surface area is 138 Å². The van der Waals surface area contributed by atoms with Crippen LogP contribution in [-0.2, 0) is 7.05 Å². The van der Waals surface area contributed by atoms with Gasteiger partial charge in [-0.2, -0.15) is 0 Å². The summed E-state index contributed by atoms with van der Waals surface area (Å²) in [5.41, 5.74) is 4.69. The van der Waals surface area contributed by atoms with Crippen LogP contribution in [0.4, 0.5) is 0 Å². The largest absolute Gasteiger partial charge is 0.479 e. The van der Waals surface area contributed by atoms with Gasteiger partial charge in [-0.05, 0) is 12.1 Å². The van der Waals surface area contributed by atoms with E-state index in [0.717, 1.165) is 22.3 Å². The predicted octanol–water partition coefficient (Wildman–Crippen LogP) is 3.10. The van der Waals surface area contributed by atoms with Gasteiger partial charge in [0, 0.05) is 12.6 Å². The highest BCUT2D eigenvalue weighted by molar-refractivity contribution is 5.83. The second kappa shape index (κ2) is 5.73. The molecule has 2 heterocycles. The summed E-state index contributed by atoms with van der Waals surface area (Å²) in [5, 5.41) is 8.48. The van der Waals surface area contributed by atoms with E-state index in [-0.39, 0.29) is 0 Å². The monoisotopic (exact) mass is 317 g/mol. The topological polar surface area (TPSA) is 65.7 Å². The minimum absolute atomic E-state index is 0.436. The Morgan fingerprint density at radius 3 is 2.21 bits per heavy atom. The van der Waals surface area contributed by atoms with E-state index in [4.69, 9.17) is 9.72 Å². The maximum absolute atomic E-state index is 5.46. The lowest BCUT2D eigenvalue weighted by atomic mass is 10.1. The van der Waals surface area contributed by atoms with Gasteiger partial charge in [-0.3, -0.25) is 0 Å². The van der Waals surface area contributed by atoms with Crippen molar-refractivity contribution in [2.75, 3.05) is 7.11 Å². The minimum Gasteiger partial charge on any atom is -0.479 e. The smallest absolute Gasteiger partial charge is 0.242 e. The van der Waals surface area contributed by atoms with Crippen LogP contribution >= 0.6 is 0 Å². The zero-order valence-corrected chi connectivity index (χ0v) is 13.3. The lowest BCUT2D eigenvalue weighted by Gasteiger charge is -2.09. The van der Waals surface area contributed by atoms with Crippen molar-refractivity contribution in [1.82, 2.24) is 25.0 Å². The van der Waals surface area contributed by atoms with Gasteiger partial charge in [0.2, 0.25) is 5.88 Å². The molecule has 118 valence electrons. The number of para-hydroxylation sites is 2. The first kappa shape index (κ1) is 14.3. The van der Waals surface area contributed by atoms with Crippen molar-refractivity contribution in [3.05, 3.63) is 54.6 Å². The SMILES string of the molecule is COc1nc2ccccc2nc1-c1nnn(C)c1-c1ccccc1. The van der Waals surface area contributed by atoms with E-state index in [2.05, 4.69) is 15.3 Å². The number of ether oxygens (including phenoxy) is 1. The zero-order chi connectivity index (χ0) is 16.5. The van der Waals surface area contributed by atoms with Crippen LogP contribution in [-0.4, -0.2) is 32.1 Å². The average Bonchev–Trinajstić information content (AvgIpc) is 3.02. The number of methoxy groups -OCH3 is 1. The highest BCUT2D eigenvalue weighted by atomic mass is 16.5. The highest BCUT2D eigenvalue weighted by Crippen LogP contribution is 2.34. The van der Waals surface area contributed by atoms with Gasteiger partial charge in [0.1, 0.15) is 5.69 Å². The number of aromatic nitrogens is 5. The van der Waals surface area contributed by atoms with Gasteiger partial charge in [0.05, 0.1) is 23.8 Å². The zero-order valence-electron chi connectivity index (χ0n) is 13.3. The van der Waals surface area contributed by atoms with Gasteiger partial charge in [0.25, 0.3) is 0 Å². The van der Waals surface area contributed by atoms with Gasteiger partial charge >= 0.3 is 0 Å². The number of rotatable bonds is 3. The second-order valence-corrected chi connectivity index (χ2v) is 5.35. The number of hydrogen-bond acceptors (Lipinski definition) is 5. The Hall–Kier alpha value is -3.28. The van der Waals surface area contributed by atoms with E-state index < -0.39 is 0 Å². The molecule has 24 heavy (non-hydrogen) atoms. The van der Waals surface area contributed by atoms with E-state index in [9.17, 15) is 0 Å². The van der Waals surface area contributed by atoms with Gasteiger partial charge in [-0.15, -0.1) is 5.10 Å². The van der Waals surface area contributed by atoms with Crippen molar-refractivity contribution in [3.8, 4) is 28.5 Å². The van der Waals surface area contributed by atoms with Crippen LogP contribution < -0.4 is 4.74 Å². The van der Waals surface area contributed by atoms with Gasteiger partial charge in [-0.25, -0.2) is 14.6 Å². The summed E-state index contributed by atoms with van der Waals surface area (Å²) in [6.07, 6.45) is 0. The van der Waals surface area contributed by atoms with Crippen LogP contribution in [0.25, 0.3) is 33.7 Å². The maximum atomic E-state index is 5.46. The molecule has 0 N–H and O–H groups in total. The van der Waals surface area contributed by atoms with Gasteiger partial charge in [0.15, 0.2) is 5.69 Å². The molecule has 0 fully saturated rings. The summed E-state index contributed by atoms with van der Waals surface area (Å²) < 4.78 is 7.19. The third kappa shape index (κ3) is 2.28. The molecule has 0 bridgehead atoms. The van der Waals surface area contributed by atoms with Gasteiger partial charge < -0.3 is 4.74 Å². The van der Waals surface area contributed by atoms with Crippen LogP contribution in [0.1, 0.15) is 0 Å². The lowest BCUT2D eigenvalue weighted by molar-refractivity contribution is 0.399. The Morgan fingerprint density at radius 2 is 1.50 bits per heavy atom. The van der Waals surface area contributed by atoms with E-state index >= 15 is 0 Å². The summed E-state index contributed by atoms with van der Waals surface area (Å²) in [6, 6.07) is 17.7. The Balaban J connectivity index is 1.99. The minimum atomic E-state index is 0.436. The third-order valence-electron chi connectivity index (χ3n) is 3.83. The molecule has 6 nitrogen and oxygen atoms in total. The molecule has 0 aliphatic heterocycles. The average molecular weight is 317 g/mol. The summed E-state index contributed by atoms with van der Waals surface area (Å²) in [6.45, 7) is 0. The molecular weight excluding hydrogens is 302 g/mol. The molecule has 0 atom stereocenters. The molecular formula is C18H15N5O. The van der Waals surface area contributed by atoms with Crippen LogP contribution in [0, 0.1) is 0 Å². The van der Waals surface area contributed by atoms with Crippen LogP contribution in [0.2, 0.25) is 0 Å². The van der Waals surface area contributed by atoms with E-state index in [1.807, 2.05) is 61.6 Å². The summed E-state index contributed by atoms with van der Waals surface area (Å²) in [7, 11) is 3.45. The van der Waals surface area contributed by atoms with Crippen molar-refractivity contribution in [2.24, 2.45) is 7.05 Å². The molecule has 4 rings (SSSR count). The van der Waals surface area contributed by atoms with Crippen molar-refractivity contribution in [1.29, 1.82) is 0 Å². The number of aryl methyl sites for hydroxylation is 1. The Morgan fingerprint density at radius 1 is 0.833 bits per heavy atom. The fraction of sp³-hybridized carbons (Fsp3) is 0.111. The molecule has 0 saturated heterocycles. The fourth-order valence-corrected chi connectivity index (χ4v) is 2.72. The molecule has 0 unspecified atom stereocenters. The summed E-state index contributed by atoms with van der Waals surface area (Å²) >= 11 is 0. The van der Waals surface area contributed by atoms with E-state index in [0.29, 0.717) is 17.3 Å². The van der Waals surface area contributed by atoms with Gasteiger partial charge in [-0.1, -0.05) is 47.7 Å². The van der Waals surface area contributed by atoms with Crippen LogP contribution in [0.5, 0.6) is 5.88 Å². The number of hydrogen-bond donors (Lipinski definition) is 0. The molecule has 0 aliphatic rings. The standard InChI is InChI=1S/C18H15N5O/c1-23-17(12-8-4-3-5-9-12)15(21-22-23)16-18(24-2)20-14-11-7-6-10-13(14)19-16/h3-11H,1-2H3. The first-order chi connectivity index (χ1) is 11.8. The fourth-order valence-electron chi connectivity index (χ4n) is 2.72. The van der Waals surface area contributed by atoms with Crippen molar-refractivity contribution in [3.63, 3.8) is 0 Å². The highest BCUT2D eigenvalue weighted by Gasteiger charge is 2.21. The second-order valence-electron chi connectivity index (χ2n) is 5.35. The van der Waals surface area contributed by atoms with Crippen molar-refractivity contribution < 1.29 is 4.74 Å². The molecule has 0 spiro atoms. The first-order valence-corrected chi connectivity index (χ1v) is 7.54. The van der Waals surface area contributed by atoms with Crippen LogP contribution in [0.3, 0.4) is 0 Å². The molecule has 0 saturated carbocycles. The summed E-state index contributed by atoms with van der Waals surface area (Å²) in [4.78, 5) is 9.26.